The minimum absolute atomic E-state index is 0.263. The van der Waals surface area contributed by atoms with Crippen molar-refractivity contribution in [3.63, 3.8) is 0 Å². The summed E-state index contributed by atoms with van der Waals surface area (Å²) in [5.74, 6) is 2.02. The molecule has 2 aromatic rings. The molecule has 112 valence electrons. The van der Waals surface area contributed by atoms with E-state index in [9.17, 15) is 4.39 Å². The first kappa shape index (κ1) is 15.2. The second-order valence-electron chi connectivity index (χ2n) is 4.95. The van der Waals surface area contributed by atoms with Crippen molar-refractivity contribution in [3.05, 3.63) is 41.5 Å². The minimum Gasteiger partial charge on any atom is -0.373 e. The van der Waals surface area contributed by atoms with Gasteiger partial charge in [0.1, 0.15) is 23.3 Å². The number of para-hydroxylation sites is 1. The van der Waals surface area contributed by atoms with Crippen LogP contribution in [-0.2, 0) is 6.42 Å². The number of hydrogen-bond acceptors (Lipinski definition) is 4. The predicted molar refractivity (Wildman–Crippen MR) is 84.8 cm³/mol. The van der Waals surface area contributed by atoms with E-state index >= 15 is 0 Å². The van der Waals surface area contributed by atoms with Gasteiger partial charge in [-0.1, -0.05) is 19.1 Å². The highest BCUT2D eigenvalue weighted by Gasteiger charge is 2.16. The van der Waals surface area contributed by atoms with Gasteiger partial charge in [0.15, 0.2) is 0 Å². The molecule has 0 aliphatic heterocycles. The van der Waals surface area contributed by atoms with Crippen LogP contribution in [0.2, 0.25) is 0 Å². The Balaban J connectivity index is 2.51. The molecular formula is C16H21FN4. The number of anilines is 3. The standard InChI is InChI=1S/C16H21FN4/c1-5-8-14-19-15(18-3)11(2)16(20-14)21(4)13-10-7-6-9-12(13)17/h6-7,9-10H,5,8H2,1-4H3,(H,18,19,20). The molecule has 0 saturated carbocycles. The van der Waals surface area contributed by atoms with Gasteiger partial charge in [-0.3, -0.25) is 0 Å². The number of aromatic nitrogens is 2. The summed E-state index contributed by atoms with van der Waals surface area (Å²) in [7, 11) is 3.65. The average Bonchev–Trinajstić information content (AvgIpc) is 2.49. The van der Waals surface area contributed by atoms with Crippen molar-refractivity contribution in [3.8, 4) is 0 Å². The zero-order valence-corrected chi connectivity index (χ0v) is 12.9. The number of hydrogen-bond donors (Lipinski definition) is 1. The maximum Gasteiger partial charge on any atom is 0.146 e. The Morgan fingerprint density at radius 3 is 2.57 bits per heavy atom. The van der Waals surface area contributed by atoms with Crippen LogP contribution in [0.1, 0.15) is 24.7 Å². The van der Waals surface area contributed by atoms with E-state index in [0.717, 1.165) is 35.9 Å². The van der Waals surface area contributed by atoms with Crippen LogP contribution in [0.5, 0.6) is 0 Å². The summed E-state index contributed by atoms with van der Waals surface area (Å²) in [6.45, 7) is 4.02. The SMILES string of the molecule is CCCc1nc(NC)c(C)c(N(C)c2ccccc2F)n1. The normalized spacial score (nSPS) is 10.5. The molecule has 0 amide bonds. The third-order valence-electron chi connectivity index (χ3n) is 3.41. The van der Waals surface area contributed by atoms with Crippen molar-refractivity contribution >= 4 is 17.3 Å². The molecule has 0 aliphatic carbocycles. The Morgan fingerprint density at radius 2 is 1.95 bits per heavy atom. The molecular weight excluding hydrogens is 267 g/mol. The zero-order valence-electron chi connectivity index (χ0n) is 12.9. The number of nitrogens with zero attached hydrogens (tertiary/aromatic N) is 3. The van der Waals surface area contributed by atoms with Gasteiger partial charge in [0.2, 0.25) is 0 Å². The van der Waals surface area contributed by atoms with Crippen LogP contribution in [0.15, 0.2) is 24.3 Å². The minimum atomic E-state index is -0.263. The highest BCUT2D eigenvalue weighted by atomic mass is 19.1. The summed E-state index contributed by atoms with van der Waals surface area (Å²) in [6, 6.07) is 6.70. The second kappa shape index (κ2) is 6.52. The molecule has 1 heterocycles. The van der Waals surface area contributed by atoms with E-state index in [2.05, 4.69) is 22.2 Å². The molecule has 4 nitrogen and oxygen atoms in total. The van der Waals surface area contributed by atoms with Gasteiger partial charge in [-0.25, -0.2) is 14.4 Å². The zero-order chi connectivity index (χ0) is 15.4. The lowest BCUT2D eigenvalue weighted by Crippen LogP contribution is -2.17. The maximum absolute atomic E-state index is 14.0. The summed E-state index contributed by atoms with van der Waals surface area (Å²) in [5, 5.41) is 3.08. The summed E-state index contributed by atoms with van der Waals surface area (Å²) in [4.78, 5) is 10.9. The third kappa shape index (κ3) is 3.12. The first-order valence-corrected chi connectivity index (χ1v) is 7.12. The fourth-order valence-electron chi connectivity index (χ4n) is 2.29. The van der Waals surface area contributed by atoms with E-state index < -0.39 is 0 Å². The average molecular weight is 288 g/mol. The van der Waals surface area contributed by atoms with Crippen LogP contribution in [-0.4, -0.2) is 24.1 Å². The Labute approximate surface area is 125 Å². The number of aryl methyl sites for hydroxylation is 1. The molecule has 0 saturated heterocycles. The number of halogens is 1. The van der Waals surface area contributed by atoms with Gasteiger partial charge in [-0.05, 0) is 25.5 Å². The van der Waals surface area contributed by atoms with Crippen molar-refractivity contribution in [2.24, 2.45) is 0 Å². The largest absolute Gasteiger partial charge is 0.373 e. The molecule has 0 atom stereocenters. The van der Waals surface area contributed by atoms with Crippen molar-refractivity contribution in [2.45, 2.75) is 26.7 Å². The second-order valence-corrected chi connectivity index (χ2v) is 4.95. The first-order chi connectivity index (χ1) is 10.1. The highest BCUT2D eigenvalue weighted by Crippen LogP contribution is 2.30. The molecule has 5 heteroatoms. The summed E-state index contributed by atoms with van der Waals surface area (Å²) >= 11 is 0. The highest BCUT2D eigenvalue weighted by molar-refractivity contribution is 5.67. The molecule has 0 radical (unpaired) electrons. The van der Waals surface area contributed by atoms with Gasteiger partial charge in [-0.2, -0.15) is 0 Å². The van der Waals surface area contributed by atoms with Crippen LogP contribution in [0, 0.1) is 12.7 Å². The van der Waals surface area contributed by atoms with Crippen molar-refractivity contribution in [1.29, 1.82) is 0 Å². The summed E-state index contributed by atoms with van der Waals surface area (Å²) < 4.78 is 14.0. The van der Waals surface area contributed by atoms with Gasteiger partial charge < -0.3 is 10.2 Å². The van der Waals surface area contributed by atoms with E-state index in [1.807, 2.05) is 27.1 Å². The van der Waals surface area contributed by atoms with Gasteiger partial charge in [0.25, 0.3) is 0 Å². The van der Waals surface area contributed by atoms with Crippen molar-refractivity contribution in [1.82, 2.24) is 9.97 Å². The topological polar surface area (TPSA) is 41.1 Å². The van der Waals surface area contributed by atoms with Crippen molar-refractivity contribution in [2.75, 3.05) is 24.3 Å². The molecule has 21 heavy (non-hydrogen) atoms. The molecule has 2 rings (SSSR count). The third-order valence-corrected chi connectivity index (χ3v) is 3.41. The van der Waals surface area contributed by atoms with E-state index in [4.69, 9.17) is 0 Å². The van der Waals surface area contributed by atoms with Crippen LogP contribution in [0.3, 0.4) is 0 Å². The lowest BCUT2D eigenvalue weighted by Gasteiger charge is -2.22. The molecule has 1 aromatic carbocycles. The molecule has 1 aromatic heterocycles. The molecule has 0 bridgehead atoms. The molecule has 0 unspecified atom stereocenters. The van der Waals surface area contributed by atoms with Crippen LogP contribution >= 0.6 is 0 Å². The Hall–Kier alpha value is -2.17. The Kier molecular flexibility index (Phi) is 4.73. The van der Waals surface area contributed by atoms with Crippen LogP contribution < -0.4 is 10.2 Å². The Morgan fingerprint density at radius 1 is 1.24 bits per heavy atom. The van der Waals surface area contributed by atoms with Crippen LogP contribution in [0.4, 0.5) is 21.7 Å². The maximum atomic E-state index is 14.0. The quantitative estimate of drug-likeness (QED) is 0.911. The number of nitrogens with one attached hydrogen (secondary N) is 1. The van der Waals surface area contributed by atoms with Gasteiger partial charge >= 0.3 is 0 Å². The monoisotopic (exact) mass is 288 g/mol. The fraction of sp³-hybridized carbons (Fsp3) is 0.375. The number of rotatable bonds is 5. The lowest BCUT2D eigenvalue weighted by molar-refractivity contribution is 0.627. The lowest BCUT2D eigenvalue weighted by atomic mass is 10.2. The van der Waals surface area contributed by atoms with Gasteiger partial charge in [-0.15, -0.1) is 0 Å². The Bertz CT molecular complexity index is 628. The van der Waals surface area contributed by atoms with E-state index in [-0.39, 0.29) is 5.82 Å². The van der Waals surface area contributed by atoms with E-state index in [1.165, 1.54) is 6.07 Å². The van der Waals surface area contributed by atoms with Gasteiger partial charge in [0.05, 0.1) is 5.69 Å². The van der Waals surface area contributed by atoms with E-state index in [1.54, 1.807) is 17.0 Å². The van der Waals surface area contributed by atoms with Gasteiger partial charge in [0, 0.05) is 26.1 Å². The molecule has 0 aliphatic rings. The predicted octanol–water partition coefficient (Wildman–Crippen LogP) is 3.69. The molecule has 1 N–H and O–H groups in total. The number of benzene rings is 1. The molecule has 0 fully saturated rings. The summed E-state index contributed by atoms with van der Waals surface area (Å²) in [5.41, 5.74) is 1.41. The van der Waals surface area contributed by atoms with Crippen LogP contribution in [0.25, 0.3) is 0 Å². The van der Waals surface area contributed by atoms with E-state index in [0.29, 0.717) is 5.69 Å². The smallest absolute Gasteiger partial charge is 0.146 e. The van der Waals surface area contributed by atoms with Crippen molar-refractivity contribution < 1.29 is 4.39 Å². The fourth-order valence-corrected chi connectivity index (χ4v) is 2.29. The first-order valence-electron chi connectivity index (χ1n) is 7.12. The summed E-state index contributed by atoms with van der Waals surface area (Å²) in [6.07, 6.45) is 1.77. The molecule has 0 spiro atoms.